The van der Waals surface area contributed by atoms with Crippen molar-refractivity contribution in [3.63, 3.8) is 0 Å². The van der Waals surface area contributed by atoms with Crippen LogP contribution in [0.15, 0.2) is 48.5 Å². The summed E-state index contributed by atoms with van der Waals surface area (Å²) < 4.78 is 17.7. The first kappa shape index (κ1) is 17.9. The second-order valence-corrected chi connectivity index (χ2v) is 5.63. The van der Waals surface area contributed by atoms with Crippen molar-refractivity contribution in [3.05, 3.63) is 70.5 Å². The number of esters is 1. The Kier molecular flexibility index (Phi) is 6.75. The zero-order valence-electron chi connectivity index (χ0n) is 12.9. The predicted octanol–water partition coefficient (Wildman–Crippen LogP) is 2.92. The summed E-state index contributed by atoms with van der Waals surface area (Å²) in [6, 6.07) is 12.9. The van der Waals surface area contributed by atoms with Crippen molar-refractivity contribution in [1.29, 1.82) is 0 Å². The Morgan fingerprint density at radius 3 is 2.29 bits per heavy atom. The topological polar surface area (TPSA) is 55.4 Å². The summed E-state index contributed by atoms with van der Waals surface area (Å²) in [6.45, 7) is 0.0645. The maximum absolute atomic E-state index is 12.8. The van der Waals surface area contributed by atoms with Crippen molar-refractivity contribution in [2.75, 3.05) is 13.2 Å². The lowest BCUT2D eigenvalue weighted by atomic mass is 10.1. The Morgan fingerprint density at radius 2 is 1.62 bits per heavy atom. The van der Waals surface area contributed by atoms with Crippen LogP contribution < -0.4 is 5.32 Å². The summed E-state index contributed by atoms with van der Waals surface area (Å²) in [6.07, 6.45) is 0.658. The molecule has 0 aromatic heterocycles. The molecular weight excluding hydrogens is 333 g/mol. The lowest BCUT2D eigenvalue weighted by Crippen LogP contribution is -2.30. The zero-order valence-corrected chi connectivity index (χ0v) is 13.7. The molecule has 24 heavy (non-hydrogen) atoms. The van der Waals surface area contributed by atoms with Crippen LogP contribution in [0.3, 0.4) is 0 Å². The van der Waals surface area contributed by atoms with Gasteiger partial charge in [0.25, 0.3) is 5.91 Å². The fraction of sp³-hybridized carbons (Fsp3) is 0.222. The minimum absolute atomic E-state index is 0.0834. The van der Waals surface area contributed by atoms with Crippen LogP contribution in [0.5, 0.6) is 0 Å². The maximum atomic E-state index is 12.8. The van der Waals surface area contributed by atoms with Crippen LogP contribution in [0.25, 0.3) is 0 Å². The number of amides is 1. The normalized spacial score (nSPS) is 10.2. The van der Waals surface area contributed by atoms with E-state index in [-0.39, 0.29) is 24.8 Å². The predicted molar refractivity (Wildman–Crippen MR) is 89.2 cm³/mol. The van der Waals surface area contributed by atoms with Gasteiger partial charge in [-0.05, 0) is 41.8 Å². The van der Waals surface area contributed by atoms with Crippen molar-refractivity contribution in [2.24, 2.45) is 0 Å². The molecule has 1 N–H and O–H groups in total. The van der Waals surface area contributed by atoms with Gasteiger partial charge >= 0.3 is 5.97 Å². The van der Waals surface area contributed by atoms with Gasteiger partial charge in [0.2, 0.25) is 0 Å². The average molecular weight is 350 g/mol. The molecule has 0 bridgehead atoms. The summed E-state index contributed by atoms with van der Waals surface area (Å²) in [5, 5.41) is 3.24. The molecule has 0 aliphatic rings. The van der Waals surface area contributed by atoms with Gasteiger partial charge in [-0.2, -0.15) is 0 Å². The number of hydrogen-bond acceptors (Lipinski definition) is 3. The highest BCUT2D eigenvalue weighted by atomic mass is 35.5. The molecule has 126 valence electrons. The van der Waals surface area contributed by atoms with Crippen LogP contribution in [-0.2, 0) is 27.2 Å². The molecule has 1 amide bonds. The highest BCUT2D eigenvalue weighted by Gasteiger charge is 2.08. The van der Waals surface area contributed by atoms with E-state index in [4.69, 9.17) is 16.3 Å². The molecule has 0 saturated heterocycles. The van der Waals surface area contributed by atoms with Gasteiger partial charge in [0.05, 0.1) is 6.42 Å². The molecule has 0 radical (unpaired) electrons. The van der Waals surface area contributed by atoms with E-state index in [0.717, 1.165) is 11.1 Å². The third-order valence-electron chi connectivity index (χ3n) is 3.28. The zero-order chi connectivity index (χ0) is 17.4. The van der Waals surface area contributed by atoms with E-state index in [9.17, 15) is 14.0 Å². The molecule has 0 heterocycles. The highest BCUT2D eigenvalue weighted by molar-refractivity contribution is 6.30. The van der Waals surface area contributed by atoms with Crippen LogP contribution in [-0.4, -0.2) is 25.0 Å². The maximum Gasteiger partial charge on any atom is 0.310 e. The van der Waals surface area contributed by atoms with E-state index in [1.807, 2.05) is 0 Å². The van der Waals surface area contributed by atoms with Gasteiger partial charge in [-0.25, -0.2) is 4.39 Å². The number of ether oxygens (including phenoxy) is 1. The van der Waals surface area contributed by atoms with Crippen molar-refractivity contribution in [3.8, 4) is 0 Å². The fourth-order valence-corrected chi connectivity index (χ4v) is 2.14. The van der Waals surface area contributed by atoms with Crippen molar-refractivity contribution in [1.82, 2.24) is 5.32 Å². The number of nitrogens with one attached hydrogen (secondary N) is 1. The van der Waals surface area contributed by atoms with E-state index in [1.165, 1.54) is 12.1 Å². The third kappa shape index (κ3) is 6.38. The van der Waals surface area contributed by atoms with E-state index < -0.39 is 5.97 Å². The van der Waals surface area contributed by atoms with Crippen molar-refractivity contribution in [2.45, 2.75) is 12.8 Å². The average Bonchev–Trinajstić information content (AvgIpc) is 2.57. The Balaban J connectivity index is 1.64. The molecule has 2 aromatic rings. The van der Waals surface area contributed by atoms with E-state index in [0.29, 0.717) is 18.0 Å². The minimum atomic E-state index is -0.481. The first-order valence-electron chi connectivity index (χ1n) is 7.44. The number of hydrogen-bond donors (Lipinski definition) is 1. The van der Waals surface area contributed by atoms with E-state index in [2.05, 4.69) is 5.32 Å². The quantitative estimate of drug-likeness (QED) is 0.782. The molecule has 0 atom stereocenters. The van der Waals surface area contributed by atoms with Crippen molar-refractivity contribution < 1.29 is 18.7 Å². The smallest absolute Gasteiger partial charge is 0.310 e. The lowest BCUT2D eigenvalue weighted by molar-refractivity contribution is -0.147. The van der Waals surface area contributed by atoms with Crippen LogP contribution in [0.1, 0.15) is 11.1 Å². The minimum Gasteiger partial charge on any atom is -0.455 e. The van der Waals surface area contributed by atoms with Crippen LogP contribution in [0, 0.1) is 5.82 Å². The summed E-state index contributed by atoms with van der Waals surface area (Å²) in [5.74, 6) is -1.15. The second-order valence-electron chi connectivity index (χ2n) is 5.19. The number of carbonyl (C=O) groups is 2. The molecule has 0 aliphatic carbocycles. The van der Waals surface area contributed by atoms with Crippen LogP contribution >= 0.6 is 11.6 Å². The van der Waals surface area contributed by atoms with E-state index >= 15 is 0 Å². The molecule has 0 saturated carbocycles. The standard InChI is InChI=1S/C18H17ClFNO3/c19-15-5-1-14(2-6-15)11-18(23)24-12-17(22)21-10-9-13-3-7-16(20)8-4-13/h1-8H,9-12H2,(H,21,22). The molecule has 2 aromatic carbocycles. The monoisotopic (exact) mass is 349 g/mol. The summed E-state index contributed by atoms with van der Waals surface area (Å²) in [7, 11) is 0. The van der Waals surface area contributed by atoms with Gasteiger partial charge in [0.1, 0.15) is 5.82 Å². The Bertz CT molecular complexity index is 686. The molecule has 4 nitrogen and oxygen atoms in total. The summed E-state index contributed by atoms with van der Waals surface area (Å²) in [4.78, 5) is 23.3. The SMILES string of the molecule is O=C(COC(=O)Cc1ccc(Cl)cc1)NCCc1ccc(F)cc1. The summed E-state index contributed by atoms with van der Waals surface area (Å²) >= 11 is 5.76. The molecule has 0 spiro atoms. The van der Waals surface area contributed by atoms with Gasteiger partial charge in [0, 0.05) is 11.6 Å². The number of carbonyl (C=O) groups excluding carboxylic acids is 2. The largest absolute Gasteiger partial charge is 0.455 e. The van der Waals surface area contributed by atoms with Gasteiger partial charge < -0.3 is 10.1 Å². The highest BCUT2D eigenvalue weighted by Crippen LogP contribution is 2.10. The van der Waals surface area contributed by atoms with Gasteiger partial charge in [-0.15, -0.1) is 0 Å². The van der Waals surface area contributed by atoms with Gasteiger partial charge in [0.15, 0.2) is 6.61 Å². The molecule has 2 rings (SSSR count). The Hall–Kier alpha value is -2.40. The molecule has 0 unspecified atom stereocenters. The first-order chi connectivity index (χ1) is 11.5. The van der Waals surface area contributed by atoms with Gasteiger partial charge in [-0.3, -0.25) is 9.59 Å². The summed E-state index contributed by atoms with van der Waals surface area (Å²) in [5.41, 5.74) is 1.68. The van der Waals surface area contributed by atoms with Crippen molar-refractivity contribution >= 4 is 23.5 Å². The Labute approximate surface area is 144 Å². The van der Waals surface area contributed by atoms with Gasteiger partial charge in [-0.1, -0.05) is 35.9 Å². The Morgan fingerprint density at radius 1 is 1.00 bits per heavy atom. The molecule has 0 fully saturated rings. The number of benzene rings is 2. The fourth-order valence-electron chi connectivity index (χ4n) is 2.01. The molecule has 6 heteroatoms. The van der Waals surface area contributed by atoms with Crippen LogP contribution in [0.2, 0.25) is 5.02 Å². The number of halogens is 2. The first-order valence-corrected chi connectivity index (χ1v) is 7.82. The lowest BCUT2D eigenvalue weighted by Gasteiger charge is -2.07. The van der Waals surface area contributed by atoms with E-state index in [1.54, 1.807) is 36.4 Å². The number of rotatable bonds is 7. The van der Waals surface area contributed by atoms with Crippen LogP contribution in [0.4, 0.5) is 4.39 Å². The second kappa shape index (κ2) is 9.03. The molecular formula is C18H17ClFNO3. The third-order valence-corrected chi connectivity index (χ3v) is 3.53. The molecule has 0 aliphatic heterocycles.